The third-order valence-corrected chi connectivity index (χ3v) is 6.52. The molecular formula is C23H20N6S. The average molecular weight is 413 g/mol. The molecule has 0 radical (unpaired) electrons. The molecule has 0 unspecified atom stereocenters. The predicted molar refractivity (Wildman–Crippen MR) is 116 cm³/mol. The summed E-state index contributed by atoms with van der Waals surface area (Å²) in [5, 5.41) is 10.4. The Hall–Kier alpha value is -3.03. The molecule has 6 nitrogen and oxygen atoms in total. The van der Waals surface area contributed by atoms with Crippen LogP contribution in [0.3, 0.4) is 0 Å². The minimum atomic E-state index is -0.0778. The summed E-state index contributed by atoms with van der Waals surface area (Å²) in [6, 6.07) is 16.5. The number of pyridine rings is 2. The van der Waals surface area contributed by atoms with E-state index >= 15 is 0 Å². The standard InChI is InChI=1S/C23H20N6S/c1-2-5-16(6-3-1)18-11-19-21(25-12-15-8-9-15)29-23(30-22(19)26-14-18)27-20(28-29)17-7-4-10-24-13-17/h1-7,10-11,13-15,21,25H,8-9,12H2/t21-/m0/s1. The molecule has 6 rings (SSSR count). The first kappa shape index (κ1) is 17.8. The van der Waals surface area contributed by atoms with E-state index < -0.39 is 0 Å². The van der Waals surface area contributed by atoms with Crippen molar-refractivity contribution in [3.05, 3.63) is 72.7 Å². The lowest BCUT2D eigenvalue weighted by Crippen LogP contribution is -2.33. The van der Waals surface area contributed by atoms with Crippen LogP contribution in [-0.2, 0) is 0 Å². The lowest BCUT2D eigenvalue weighted by molar-refractivity contribution is 0.381. The molecule has 1 atom stereocenters. The van der Waals surface area contributed by atoms with E-state index in [0.29, 0.717) is 5.82 Å². The van der Waals surface area contributed by atoms with Crippen LogP contribution in [0.15, 0.2) is 77.3 Å². The van der Waals surface area contributed by atoms with Crippen LogP contribution in [0.2, 0.25) is 0 Å². The summed E-state index contributed by atoms with van der Waals surface area (Å²) in [6.45, 7) is 0.978. The van der Waals surface area contributed by atoms with Gasteiger partial charge in [-0.3, -0.25) is 10.3 Å². The minimum absolute atomic E-state index is 0.0778. The summed E-state index contributed by atoms with van der Waals surface area (Å²) in [5.41, 5.74) is 4.35. The second-order valence-electron chi connectivity index (χ2n) is 7.74. The molecule has 7 heteroatoms. The van der Waals surface area contributed by atoms with Gasteiger partial charge in [-0.2, -0.15) is 0 Å². The van der Waals surface area contributed by atoms with Crippen molar-refractivity contribution >= 4 is 11.8 Å². The molecule has 2 aliphatic rings. The van der Waals surface area contributed by atoms with E-state index in [1.54, 1.807) is 24.2 Å². The van der Waals surface area contributed by atoms with Crippen LogP contribution in [0.1, 0.15) is 24.6 Å². The van der Waals surface area contributed by atoms with E-state index in [9.17, 15) is 0 Å². The maximum absolute atomic E-state index is 4.86. The topological polar surface area (TPSA) is 68.5 Å². The molecule has 4 heterocycles. The number of fused-ring (bicyclic) bond motifs is 2. The normalized spacial score (nSPS) is 17.4. The molecule has 1 aliphatic heterocycles. The monoisotopic (exact) mass is 412 g/mol. The molecule has 0 spiro atoms. The van der Waals surface area contributed by atoms with Gasteiger partial charge in [0, 0.05) is 41.8 Å². The number of hydrogen-bond donors (Lipinski definition) is 1. The summed E-state index contributed by atoms with van der Waals surface area (Å²) in [4.78, 5) is 13.8. The van der Waals surface area contributed by atoms with Crippen LogP contribution in [0, 0.1) is 5.92 Å². The Morgan fingerprint density at radius 3 is 2.67 bits per heavy atom. The van der Waals surface area contributed by atoms with Gasteiger partial charge in [-0.05, 0) is 54.3 Å². The van der Waals surface area contributed by atoms with Crippen LogP contribution >= 0.6 is 11.8 Å². The fourth-order valence-electron chi connectivity index (χ4n) is 3.72. The number of aromatic nitrogens is 5. The van der Waals surface area contributed by atoms with Crippen molar-refractivity contribution in [2.45, 2.75) is 29.2 Å². The number of nitrogens with zero attached hydrogens (tertiary/aromatic N) is 5. The van der Waals surface area contributed by atoms with Gasteiger partial charge in [-0.25, -0.2) is 14.6 Å². The lowest BCUT2D eigenvalue weighted by atomic mass is 10.0. The summed E-state index contributed by atoms with van der Waals surface area (Å²) in [7, 11) is 0. The Balaban J connectivity index is 1.43. The van der Waals surface area contributed by atoms with Gasteiger partial charge < -0.3 is 0 Å². The van der Waals surface area contributed by atoms with Crippen molar-refractivity contribution in [3.8, 4) is 22.5 Å². The smallest absolute Gasteiger partial charge is 0.194 e. The van der Waals surface area contributed by atoms with Gasteiger partial charge >= 0.3 is 0 Å². The molecule has 148 valence electrons. The van der Waals surface area contributed by atoms with Crippen molar-refractivity contribution in [2.24, 2.45) is 5.92 Å². The summed E-state index contributed by atoms with van der Waals surface area (Å²) in [6.07, 6.45) is 8.04. The largest absolute Gasteiger partial charge is 0.291 e. The summed E-state index contributed by atoms with van der Waals surface area (Å²) >= 11 is 1.57. The Bertz CT molecular complexity index is 1190. The second kappa shape index (κ2) is 7.34. The SMILES string of the molecule is c1ccc(-c2cnc3c(c2)[C@@H](NCC2CC2)n2nc(-c4cccnc4)nc2S3)cc1. The van der Waals surface area contributed by atoms with Crippen LogP contribution in [0.4, 0.5) is 0 Å². The zero-order valence-corrected chi connectivity index (χ0v) is 17.1. The highest BCUT2D eigenvalue weighted by atomic mass is 32.2. The first-order valence-electron chi connectivity index (χ1n) is 10.2. The summed E-state index contributed by atoms with van der Waals surface area (Å²) in [5.74, 6) is 1.46. The Labute approximate surface area is 178 Å². The molecule has 1 aromatic carbocycles. The summed E-state index contributed by atoms with van der Waals surface area (Å²) < 4.78 is 2.01. The number of rotatable bonds is 5. The average Bonchev–Trinajstić information content (AvgIpc) is 3.54. The van der Waals surface area contributed by atoms with E-state index in [2.05, 4.69) is 40.6 Å². The van der Waals surface area contributed by atoms with Gasteiger partial charge in [-0.15, -0.1) is 5.10 Å². The molecule has 0 amide bonds. The van der Waals surface area contributed by atoms with Crippen LogP contribution < -0.4 is 5.32 Å². The van der Waals surface area contributed by atoms with Gasteiger partial charge in [-0.1, -0.05) is 30.3 Å². The van der Waals surface area contributed by atoms with Crippen LogP contribution in [0.25, 0.3) is 22.5 Å². The first-order valence-corrected chi connectivity index (χ1v) is 11.0. The van der Waals surface area contributed by atoms with Crippen LogP contribution in [-0.4, -0.2) is 31.3 Å². The predicted octanol–water partition coefficient (Wildman–Crippen LogP) is 4.41. The molecule has 3 aromatic heterocycles. The van der Waals surface area contributed by atoms with Crippen molar-refractivity contribution in [3.63, 3.8) is 0 Å². The van der Waals surface area contributed by atoms with E-state index in [1.807, 2.05) is 29.1 Å². The van der Waals surface area contributed by atoms with Crippen LogP contribution in [0.5, 0.6) is 0 Å². The van der Waals surface area contributed by atoms with Gasteiger partial charge in [0.1, 0.15) is 11.2 Å². The van der Waals surface area contributed by atoms with Gasteiger partial charge in [0.2, 0.25) is 0 Å². The second-order valence-corrected chi connectivity index (χ2v) is 8.70. The number of nitrogens with one attached hydrogen (secondary N) is 1. The third kappa shape index (κ3) is 3.30. The fraction of sp³-hybridized carbons (Fsp3) is 0.217. The van der Waals surface area contributed by atoms with Gasteiger partial charge in [0.05, 0.1) is 0 Å². The number of hydrogen-bond acceptors (Lipinski definition) is 6. The molecule has 4 aromatic rings. The third-order valence-electron chi connectivity index (χ3n) is 5.53. The molecule has 30 heavy (non-hydrogen) atoms. The highest BCUT2D eigenvalue weighted by Gasteiger charge is 2.32. The van der Waals surface area contributed by atoms with Crippen molar-refractivity contribution < 1.29 is 0 Å². The minimum Gasteiger partial charge on any atom is -0.291 e. The Kier molecular flexibility index (Phi) is 4.35. The van der Waals surface area contributed by atoms with E-state index in [1.165, 1.54) is 18.4 Å². The zero-order valence-electron chi connectivity index (χ0n) is 16.3. The fourth-order valence-corrected chi connectivity index (χ4v) is 4.66. The molecule has 1 N–H and O–H groups in total. The maximum Gasteiger partial charge on any atom is 0.194 e. The Morgan fingerprint density at radius 2 is 1.87 bits per heavy atom. The Morgan fingerprint density at radius 1 is 1.00 bits per heavy atom. The molecular weight excluding hydrogens is 392 g/mol. The highest BCUT2D eigenvalue weighted by molar-refractivity contribution is 7.99. The molecule has 1 fully saturated rings. The van der Waals surface area contributed by atoms with Crippen molar-refractivity contribution in [2.75, 3.05) is 6.54 Å². The van der Waals surface area contributed by atoms with Crippen molar-refractivity contribution in [1.82, 2.24) is 30.0 Å². The molecule has 1 aliphatic carbocycles. The van der Waals surface area contributed by atoms with Gasteiger partial charge in [0.15, 0.2) is 11.0 Å². The highest BCUT2D eigenvalue weighted by Crippen LogP contribution is 2.41. The maximum atomic E-state index is 4.86. The van der Waals surface area contributed by atoms with E-state index in [-0.39, 0.29) is 6.17 Å². The molecule has 0 saturated heterocycles. The number of benzene rings is 1. The quantitative estimate of drug-likeness (QED) is 0.524. The van der Waals surface area contributed by atoms with E-state index in [0.717, 1.165) is 39.3 Å². The molecule has 1 saturated carbocycles. The zero-order chi connectivity index (χ0) is 19.9. The molecule has 0 bridgehead atoms. The van der Waals surface area contributed by atoms with E-state index in [4.69, 9.17) is 15.1 Å². The van der Waals surface area contributed by atoms with Gasteiger partial charge in [0.25, 0.3) is 0 Å². The lowest BCUT2D eigenvalue weighted by Gasteiger charge is -2.26. The first-order chi connectivity index (χ1) is 14.8. The van der Waals surface area contributed by atoms with Crippen molar-refractivity contribution in [1.29, 1.82) is 0 Å².